The molecule has 0 aliphatic heterocycles. The molecule has 1 heterocycles. The van der Waals surface area contributed by atoms with E-state index in [2.05, 4.69) is 22.1 Å². The molecule has 2 aromatic carbocycles. The molecule has 0 saturated heterocycles. The molecular weight excluding hydrogens is 486 g/mol. The van der Waals surface area contributed by atoms with Crippen molar-refractivity contribution in [2.24, 2.45) is 0 Å². The quantitative estimate of drug-likeness (QED) is 0.293. The zero-order chi connectivity index (χ0) is 22.4. The number of hydrogen-bond acceptors (Lipinski definition) is 5. The van der Waals surface area contributed by atoms with Gasteiger partial charge in [-0.2, -0.15) is 0 Å². The lowest BCUT2D eigenvalue weighted by Crippen LogP contribution is -2.15. The zero-order valence-electron chi connectivity index (χ0n) is 15.9. The van der Waals surface area contributed by atoms with Crippen LogP contribution in [0.4, 0.5) is 10.1 Å². The van der Waals surface area contributed by atoms with E-state index in [1.54, 1.807) is 28.8 Å². The fourth-order valence-corrected chi connectivity index (χ4v) is 3.74. The summed E-state index contributed by atoms with van der Waals surface area (Å²) in [6.45, 7) is 4.23. The van der Waals surface area contributed by atoms with Gasteiger partial charge in [0.2, 0.25) is 5.91 Å². The van der Waals surface area contributed by atoms with Crippen molar-refractivity contribution in [3.8, 4) is 5.75 Å². The second-order valence-electron chi connectivity index (χ2n) is 6.12. The van der Waals surface area contributed by atoms with Crippen molar-refractivity contribution in [1.82, 2.24) is 14.8 Å². The molecule has 1 aromatic heterocycles. The number of rotatable bonds is 9. The van der Waals surface area contributed by atoms with Crippen molar-refractivity contribution in [3.05, 3.63) is 75.8 Å². The van der Waals surface area contributed by atoms with Gasteiger partial charge in [-0.15, -0.1) is 16.8 Å². The average Bonchev–Trinajstić information content (AvgIpc) is 3.12. The first-order valence-electron chi connectivity index (χ1n) is 8.86. The summed E-state index contributed by atoms with van der Waals surface area (Å²) in [6, 6.07) is 8.88. The van der Waals surface area contributed by atoms with Gasteiger partial charge in [0.25, 0.3) is 0 Å². The smallest absolute Gasteiger partial charge is 0.234 e. The Bertz CT molecular complexity index is 1110. The molecule has 0 aliphatic carbocycles. The molecule has 1 N–H and O–H groups in total. The highest BCUT2D eigenvalue weighted by Crippen LogP contribution is 2.26. The minimum absolute atomic E-state index is 0.0351. The van der Waals surface area contributed by atoms with Gasteiger partial charge in [-0.25, -0.2) is 4.39 Å². The Morgan fingerprint density at radius 1 is 1.19 bits per heavy atom. The van der Waals surface area contributed by atoms with Crippen LogP contribution < -0.4 is 10.1 Å². The maximum atomic E-state index is 13.3. The molecule has 0 atom stereocenters. The van der Waals surface area contributed by atoms with Crippen molar-refractivity contribution in [2.75, 3.05) is 11.1 Å². The number of hydrogen-bond donors (Lipinski definition) is 1. The van der Waals surface area contributed by atoms with E-state index in [0.717, 1.165) is 0 Å². The highest BCUT2D eigenvalue weighted by atomic mass is 35.5. The van der Waals surface area contributed by atoms with Gasteiger partial charge in [-0.05, 0) is 30.3 Å². The van der Waals surface area contributed by atoms with Crippen LogP contribution in [0, 0.1) is 5.82 Å². The van der Waals surface area contributed by atoms with Gasteiger partial charge in [0.15, 0.2) is 11.0 Å². The Kier molecular flexibility index (Phi) is 8.20. The number of allylic oxidation sites excluding steroid dienone is 1. The molecular formula is C20H16Cl3FN4O2S. The average molecular weight is 502 g/mol. The van der Waals surface area contributed by atoms with E-state index >= 15 is 0 Å². The summed E-state index contributed by atoms with van der Waals surface area (Å²) in [5, 5.41) is 12.3. The van der Waals surface area contributed by atoms with Crippen molar-refractivity contribution in [2.45, 2.75) is 18.3 Å². The van der Waals surface area contributed by atoms with Crippen LogP contribution in [0.1, 0.15) is 5.82 Å². The van der Waals surface area contributed by atoms with Gasteiger partial charge >= 0.3 is 0 Å². The van der Waals surface area contributed by atoms with E-state index in [9.17, 15) is 9.18 Å². The third kappa shape index (κ3) is 6.36. The lowest BCUT2D eigenvalue weighted by Gasteiger charge is -2.10. The molecule has 0 radical (unpaired) electrons. The lowest BCUT2D eigenvalue weighted by atomic mass is 10.3. The number of anilines is 1. The van der Waals surface area contributed by atoms with Gasteiger partial charge in [0.1, 0.15) is 18.2 Å². The highest BCUT2D eigenvalue weighted by Gasteiger charge is 2.15. The third-order valence-electron chi connectivity index (χ3n) is 3.90. The van der Waals surface area contributed by atoms with Gasteiger partial charge in [0.05, 0.1) is 21.5 Å². The molecule has 0 saturated carbocycles. The van der Waals surface area contributed by atoms with Crippen LogP contribution >= 0.6 is 46.6 Å². The maximum absolute atomic E-state index is 13.3. The molecule has 0 bridgehead atoms. The van der Waals surface area contributed by atoms with Gasteiger partial charge < -0.3 is 10.1 Å². The van der Waals surface area contributed by atoms with Crippen LogP contribution in [0.2, 0.25) is 15.1 Å². The Hall–Kier alpha value is -2.26. The summed E-state index contributed by atoms with van der Waals surface area (Å²) in [4.78, 5) is 12.3. The number of carbonyl (C=O) groups is 1. The number of ether oxygens (including phenoxy) is 1. The Labute approximate surface area is 197 Å². The van der Waals surface area contributed by atoms with Crippen LogP contribution in [-0.4, -0.2) is 26.4 Å². The summed E-state index contributed by atoms with van der Waals surface area (Å²) in [5.41, 5.74) is 0.430. The predicted molar refractivity (Wildman–Crippen MR) is 122 cm³/mol. The standard InChI is InChI=1S/C20H16Cl3FN4O2S/c1-2-7-28-18(10-30-13-4-6-16(24)15(23)9-13)26-27-20(28)31-11-19(29)25-17-8-12(21)3-5-14(17)22/h2-6,8-9H,1,7,10-11H2,(H,25,29). The number of halogens is 4. The minimum atomic E-state index is -0.528. The van der Waals surface area contributed by atoms with E-state index in [1.807, 2.05) is 0 Å². The van der Waals surface area contributed by atoms with Crippen LogP contribution in [0.25, 0.3) is 0 Å². The summed E-state index contributed by atoms with van der Waals surface area (Å²) < 4.78 is 20.7. The van der Waals surface area contributed by atoms with Crippen LogP contribution in [0.15, 0.2) is 54.2 Å². The predicted octanol–water partition coefficient (Wildman–Crippen LogP) is 5.87. The zero-order valence-corrected chi connectivity index (χ0v) is 19.0. The van der Waals surface area contributed by atoms with E-state index in [0.29, 0.717) is 39.0 Å². The summed E-state index contributed by atoms with van der Waals surface area (Å²) in [7, 11) is 0. The number of benzene rings is 2. The molecule has 3 rings (SSSR count). The number of amides is 1. The fourth-order valence-electron chi connectivity index (χ4n) is 2.47. The van der Waals surface area contributed by atoms with Gasteiger partial charge in [0, 0.05) is 17.6 Å². The Balaban J connectivity index is 1.64. The first kappa shape index (κ1) is 23.4. The number of thioether (sulfide) groups is 1. The van der Waals surface area contributed by atoms with Crippen molar-refractivity contribution in [1.29, 1.82) is 0 Å². The van der Waals surface area contributed by atoms with Crippen LogP contribution in [0.5, 0.6) is 5.75 Å². The highest BCUT2D eigenvalue weighted by molar-refractivity contribution is 7.99. The lowest BCUT2D eigenvalue weighted by molar-refractivity contribution is -0.113. The number of nitrogens with zero attached hydrogens (tertiary/aromatic N) is 3. The number of carbonyl (C=O) groups excluding carboxylic acids is 1. The second-order valence-corrected chi connectivity index (χ2v) is 8.32. The third-order valence-corrected chi connectivity index (χ3v) is 5.72. The monoisotopic (exact) mass is 500 g/mol. The largest absolute Gasteiger partial charge is 0.486 e. The summed E-state index contributed by atoms with van der Waals surface area (Å²) in [5.74, 6) is 0.181. The molecule has 0 aliphatic rings. The van der Waals surface area contributed by atoms with Crippen molar-refractivity contribution in [3.63, 3.8) is 0 Å². The van der Waals surface area contributed by atoms with Crippen molar-refractivity contribution < 1.29 is 13.9 Å². The molecule has 0 spiro atoms. The summed E-state index contributed by atoms with van der Waals surface area (Å²) in [6.07, 6.45) is 1.68. The first-order valence-corrected chi connectivity index (χ1v) is 11.0. The van der Waals surface area contributed by atoms with Crippen LogP contribution in [0.3, 0.4) is 0 Å². The fraction of sp³-hybridized carbons (Fsp3) is 0.150. The molecule has 6 nitrogen and oxygen atoms in total. The Morgan fingerprint density at radius 3 is 2.74 bits per heavy atom. The first-order chi connectivity index (χ1) is 14.9. The summed E-state index contributed by atoms with van der Waals surface area (Å²) >= 11 is 19.0. The van der Waals surface area contributed by atoms with Gasteiger partial charge in [-0.3, -0.25) is 9.36 Å². The topological polar surface area (TPSA) is 69.0 Å². The minimum Gasteiger partial charge on any atom is -0.486 e. The van der Waals surface area contributed by atoms with E-state index in [1.165, 1.54) is 30.0 Å². The number of nitrogens with one attached hydrogen (secondary N) is 1. The molecule has 1 amide bonds. The van der Waals surface area contributed by atoms with E-state index in [-0.39, 0.29) is 23.3 Å². The maximum Gasteiger partial charge on any atom is 0.234 e. The Morgan fingerprint density at radius 2 is 2.00 bits per heavy atom. The normalized spacial score (nSPS) is 10.7. The van der Waals surface area contributed by atoms with E-state index < -0.39 is 5.82 Å². The van der Waals surface area contributed by atoms with E-state index in [4.69, 9.17) is 39.5 Å². The molecule has 162 valence electrons. The number of aromatic nitrogens is 3. The van der Waals surface area contributed by atoms with Gasteiger partial charge in [-0.1, -0.05) is 52.6 Å². The van der Waals surface area contributed by atoms with Crippen molar-refractivity contribution >= 4 is 58.2 Å². The molecule has 31 heavy (non-hydrogen) atoms. The SMILES string of the molecule is C=CCn1c(COc2ccc(F)c(Cl)c2)nnc1SCC(=O)Nc1cc(Cl)ccc1Cl. The van der Waals surface area contributed by atoms with Crippen LogP contribution in [-0.2, 0) is 17.9 Å². The molecule has 11 heteroatoms. The second kappa shape index (κ2) is 10.9. The molecule has 0 fully saturated rings. The molecule has 0 unspecified atom stereocenters. The molecule has 3 aromatic rings.